The Kier molecular flexibility index (Phi) is 8.98. The summed E-state index contributed by atoms with van der Waals surface area (Å²) in [5.41, 5.74) is 1.90. The molecule has 2 aromatic rings. The van der Waals surface area contributed by atoms with Gasteiger partial charge in [0, 0.05) is 11.6 Å². The number of carbonyl (C=O) groups excluding carboxylic acids is 3. The zero-order valence-electron chi connectivity index (χ0n) is 19.7. The van der Waals surface area contributed by atoms with Gasteiger partial charge in [-0.05, 0) is 35.4 Å². The van der Waals surface area contributed by atoms with Crippen molar-refractivity contribution in [3.8, 4) is 0 Å². The van der Waals surface area contributed by atoms with Gasteiger partial charge in [0.1, 0.15) is 5.66 Å². The van der Waals surface area contributed by atoms with Crippen LogP contribution in [0.2, 0.25) is 5.02 Å². The molecular weight excluding hydrogens is 560 g/mol. The van der Waals surface area contributed by atoms with E-state index in [-0.39, 0.29) is 22.6 Å². The van der Waals surface area contributed by atoms with Crippen molar-refractivity contribution >= 4 is 29.9 Å². The number of β-amino-alcohol motifs (C(OH)–C–C–N with tert-alkyl or cyclic N) is 1. The number of aliphatic hydroxyl groups is 1. The first-order valence-corrected chi connectivity index (χ1v) is 11.5. The van der Waals surface area contributed by atoms with Crippen molar-refractivity contribution in [2.24, 2.45) is 0 Å². The second kappa shape index (κ2) is 11.7. The number of amides is 4. The molecule has 9 nitrogen and oxygen atoms in total. The second-order valence-electron chi connectivity index (χ2n) is 8.53. The van der Waals surface area contributed by atoms with Crippen molar-refractivity contribution in [2.45, 2.75) is 36.6 Å². The molecule has 3 atom stereocenters. The molecule has 0 saturated carbocycles. The molecule has 0 aliphatic carbocycles. The second-order valence-corrected chi connectivity index (χ2v) is 8.97. The molecule has 1 aliphatic heterocycles. The Hall–Kier alpha value is -3.56. The molecule has 4 amide bonds. The van der Waals surface area contributed by atoms with Crippen LogP contribution in [0.4, 0.5) is 31.1 Å². The third kappa shape index (κ3) is 7.10. The lowest BCUT2D eigenvalue weighted by molar-refractivity contribution is -0.208. The van der Waals surface area contributed by atoms with Crippen LogP contribution in [-0.2, 0) is 21.4 Å². The maximum Gasteiger partial charge on any atom is 0.416 e. The number of hydrogen-bond donors (Lipinski definition) is 5. The minimum Gasteiger partial charge on any atom is -0.382 e. The first-order valence-electron chi connectivity index (χ1n) is 11.2. The van der Waals surface area contributed by atoms with Crippen LogP contribution in [0, 0.1) is 0 Å². The molecule has 3 rings (SSSR count). The molecule has 2 aromatic carbocycles. The van der Waals surface area contributed by atoms with E-state index >= 15 is 0 Å². The van der Waals surface area contributed by atoms with E-state index in [0.717, 1.165) is 18.2 Å². The van der Waals surface area contributed by atoms with E-state index in [0.29, 0.717) is 4.90 Å². The summed E-state index contributed by atoms with van der Waals surface area (Å²) >= 11 is 5.90. The van der Waals surface area contributed by atoms with Crippen LogP contribution < -0.4 is 21.5 Å². The van der Waals surface area contributed by atoms with Crippen molar-refractivity contribution in [1.82, 2.24) is 26.4 Å². The molecule has 0 aromatic heterocycles. The predicted molar refractivity (Wildman–Crippen MR) is 125 cm³/mol. The summed E-state index contributed by atoms with van der Waals surface area (Å²) in [6, 6.07) is 7.35. The number of nitrogens with one attached hydrogen (secondary N) is 4. The number of nitrogens with zero attached hydrogens (tertiary/aromatic N) is 1. The number of rotatable bonds is 10. The Balaban J connectivity index is 1.87. The van der Waals surface area contributed by atoms with Gasteiger partial charge in [-0.15, -0.1) is 0 Å². The van der Waals surface area contributed by atoms with Crippen molar-refractivity contribution in [3.05, 3.63) is 70.2 Å². The Labute approximate surface area is 222 Å². The molecule has 2 unspecified atom stereocenters. The fourth-order valence-electron chi connectivity index (χ4n) is 3.97. The van der Waals surface area contributed by atoms with Crippen molar-refractivity contribution in [3.63, 3.8) is 0 Å². The van der Waals surface area contributed by atoms with E-state index in [1.807, 2.05) is 0 Å². The van der Waals surface area contributed by atoms with E-state index in [4.69, 9.17) is 11.6 Å². The summed E-state index contributed by atoms with van der Waals surface area (Å²) < 4.78 is 78.7. The van der Waals surface area contributed by atoms with Crippen LogP contribution in [0.25, 0.3) is 0 Å². The number of benzene rings is 2. The number of carbonyl (C=O) groups is 3. The van der Waals surface area contributed by atoms with Gasteiger partial charge in [0.25, 0.3) is 0 Å². The number of aliphatic hydroxyl groups excluding tert-OH is 1. The molecule has 212 valence electrons. The third-order valence-corrected chi connectivity index (χ3v) is 6.19. The lowest BCUT2D eigenvalue weighted by Crippen LogP contribution is -2.56. The Morgan fingerprint density at radius 3 is 2.38 bits per heavy atom. The summed E-state index contributed by atoms with van der Waals surface area (Å²) in [5.74, 6) is -0.856. The number of hydrazine groups is 1. The summed E-state index contributed by atoms with van der Waals surface area (Å²) in [6.45, 7) is -1.64. The van der Waals surface area contributed by atoms with Crippen LogP contribution in [0.3, 0.4) is 0 Å². The molecule has 1 saturated heterocycles. The minimum atomic E-state index is -5.07. The quantitative estimate of drug-likeness (QED) is 0.218. The number of hydrogen-bond acceptors (Lipinski definition) is 5. The first-order chi connectivity index (χ1) is 18.2. The lowest BCUT2D eigenvalue weighted by Gasteiger charge is -2.38. The fraction of sp³-hybridized carbons (Fsp3) is 0.348. The van der Waals surface area contributed by atoms with Gasteiger partial charge in [0.15, 0.2) is 6.10 Å². The van der Waals surface area contributed by atoms with Crippen LogP contribution in [0.5, 0.6) is 0 Å². The summed E-state index contributed by atoms with van der Waals surface area (Å²) in [6.07, 6.45) is -13.1. The standard InChI is InChI=1S/C23H22ClF6N5O4/c24-16-6-4-14(5-7-16)21(34-33-20(39)35(21)11-18(37)23(28,29)30)9-19(38)31-10-17(32-12-36)13-2-1-3-15(8-13)22(25,26)27/h1-8,12,17-18,34,37H,9-11H2,(H,31,38)(H,32,36)(H,33,39)/t17?,18-,21?/m0/s1. The highest BCUT2D eigenvalue weighted by Crippen LogP contribution is 2.35. The number of urea groups is 1. The molecule has 1 heterocycles. The molecular formula is C23H22ClF6N5O4. The minimum absolute atomic E-state index is 0.0235. The SMILES string of the molecule is O=CNC(CNC(=O)CC1(c2ccc(Cl)cc2)NNC(=O)N1C[C@H](O)C(F)(F)F)c1cccc(C(F)(F)F)c1. The lowest BCUT2D eigenvalue weighted by atomic mass is 9.93. The van der Waals surface area contributed by atoms with Crippen LogP contribution in [0.15, 0.2) is 48.5 Å². The average molecular weight is 582 g/mol. The highest BCUT2D eigenvalue weighted by molar-refractivity contribution is 6.30. The highest BCUT2D eigenvalue weighted by Gasteiger charge is 2.51. The van der Waals surface area contributed by atoms with Gasteiger partial charge in [0.2, 0.25) is 12.3 Å². The smallest absolute Gasteiger partial charge is 0.382 e. The topological polar surface area (TPSA) is 123 Å². The molecule has 1 fully saturated rings. The number of halogens is 7. The van der Waals surface area contributed by atoms with Gasteiger partial charge in [-0.1, -0.05) is 35.9 Å². The van der Waals surface area contributed by atoms with Gasteiger partial charge in [-0.3, -0.25) is 19.9 Å². The van der Waals surface area contributed by atoms with Gasteiger partial charge in [-0.25, -0.2) is 10.2 Å². The van der Waals surface area contributed by atoms with E-state index < -0.39 is 67.2 Å². The Morgan fingerprint density at radius 1 is 1.13 bits per heavy atom. The maximum absolute atomic E-state index is 13.1. The van der Waals surface area contributed by atoms with Gasteiger partial charge >= 0.3 is 18.4 Å². The third-order valence-electron chi connectivity index (χ3n) is 5.94. The van der Waals surface area contributed by atoms with Gasteiger partial charge < -0.3 is 15.7 Å². The normalized spacial score (nSPS) is 19.3. The summed E-state index contributed by atoms with van der Waals surface area (Å²) in [7, 11) is 0. The molecule has 5 N–H and O–H groups in total. The monoisotopic (exact) mass is 581 g/mol. The molecule has 1 aliphatic rings. The van der Waals surface area contributed by atoms with E-state index in [1.54, 1.807) is 0 Å². The fourth-order valence-corrected chi connectivity index (χ4v) is 4.10. The molecule has 0 bridgehead atoms. The van der Waals surface area contributed by atoms with E-state index in [2.05, 4.69) is 21.5 Å². The summed E-state index contributed by atoms with van der Waals surface area (Å²) in [5, 5.41) is 14.6. The van der Waals surface area contributed by atoms with E-state index in [9.17, 15) is 45.8 Å². The molecule has 39 heavy (non-hydrogen) atoms. The highest BCUT2D eigenvalue weighted by atomic mass is 35.5. The van der Waals surface area contributed by atoms with Crippen LogP contribution in [0.1, 0.15) is 29.2 Å². The summed E-state index contributed by atoms with van der Waals surface area (Å²) in [4.78, 5) is 37.2. The Morgan fingerprint density at radius 2 is 1.79 bits per heavy atom. The zero-order chi connectivity index (χ0) is 29.0. The van der Waals surface area contributed by atoms with Crippen molar-refractivity contribution in [2.75, 3.05) is 13.1 Å². The molecule has 16 heteroatoms. The van der Waals surface area contributed by atoms with Gasteiger partial charge in [0.05, 0.1) is 24.6 Å². The predicted octanol–water partition coefficient (Wildman–Crippen LogP) is 2.96. The zero-order valence-corrected chi connectivity index (χ0v) is 20.5. The maximum atomic E-state index is 13.1. The van der Waals surface area contributed by atoms with Crippen LogP contribution in [-0.4, -0.2) is 53.7 Å². The number of alkyl halides is 6. The average Bonchev–Trinajstić information content (AvgIpc) is 3.16. The van der Waals surface area contributed by atoms with Crippen molar-refractivity contribution in [1.29, 1.82) is 0 Å². The van der Waals surface area contributed by atoms with E-state index in [1.165, 1.54) is 30.3 Å². The van der Waals surface area contributed by atoms with Crippen molar-refractivity contribution < 1.29 is 45.8 Å². The molecule has 0 radical (unpaired) electrons. The largest absolute Gasteiger partial charge is 0.416 e. The van der Waals surface area contributed by atoms with Gasteiger partial charge in [-0.2, -0.15) is 26.3 Å². The molecule has 0 spiro atoms. The first kappa shape index (κ1) is 30.0. The Bertz CT molecular complexity index is 1200. The van der Waals surface area contributed by atoms with Crippen LogP contribution >= 0.6 is 11.6 Å².